The van der Waals surface area contributed by atoms with Crippen molar-refractivity contribution in [2.75, 3.05) is 20.2 Å². The van der Waals surface area contributed by atoms with Crippen LogP contribution in [0.2, 0.25) is 0 Å². The molecule has 0 saturated carbocycles. The number of ether oxygens (including phenoxy) is 2. The molecule has 1 amide bonds. The molecule has 7 nitrogen and oxygen atoms in total. The predicted octanol–water partition coefficient (Wildman–Crippen LogP) is 4.29. The zero-order valence-electron chi connectivity index (χ0n) is 20.1. The summed E-state index contributed by atoms with van der Waals surface area (Å²) in [6.07, 6.45) is 3.70. The molecule has 2 aliphatic heterocycles. The van der Waals surface area contributed by atoms with Crippen molar-refractivity contribution >= 4 is 15.9 Å². The van der Waals surface area contributed by atoms with E-state index in [1.54, 1.807) is 31.4 Å². The number of carbonyl (C=O) groups is 1. The van der Waals surface area contributed by atoms with E-state index in [-0.39, 0.29) is 29.0 Å². The van der Waals surface area contributed by atoms with Gasteiger partial charge in [0.25, 0.3) is 0 Å². The van der Waals surface area contributed by atoms with E-state index in [4.69, 9.17) is 9.47 Å². The second-order valence-electron chi connectivity index (χ2n) is 9.17. The minimum absolute atomic E-state index is 0.0996. The van der Waals surface area contributed by atoms with Crippen LogP contribution in [0.3, 0.4) is 0 Å². The summed E-state index contributed by atoms with van der Waals surface area (Å²) < 4.78 is 39.3. The number of para-hydroxylation sites is 1. The van der Waals surface area contributed by atoms with Gasteiger partial charge in [-0.1, -0.05) is 32.0 Å². The number of rotatable bonds is 7. The van der Waals surface area contributed by atoms with E-state index in [1.165, 1.54) is 4.31 Å². The van der Waals surface area contributed by atoms with Crippen LogP contribution >= 0.6 is 0 Å². The lowest BCUT2D eigenvalue weighted by Gasteiger charge is -2.42. The molecule has 2 aromatic rings. The predicted molar refractivity (Wildman–Crippen MR) is 130 cm³/mol. The maximum atomic E-state index is 13.4. The topological polar surface area (TPSA) is 84.9 Å². The maximum absolute atomic E-state index is 13.4. The van der Waals surface area contributed by atoms with Gasteiger partial charge in [-0.2, -0.15) is 4.31 Å². The Hall–Kier alpha value is -2.58. The van der Waals surface area contributed by atoms with Crippen LogP contribution in [0.4, 0.5) is 0 Å². The van der Waals surface area contributed by atoms with Crippen LogP contribution in [0.1, 0.15) is 57.6 Å². The SMILES string of the molecule is CCC1(CC)C[C@H](NC(=O)[C@@H]2CCCN(S(=O)(=O)c3ccc(OC)cc3)C2)c2ccccc2O1. The lowest BCUT2D eigenvalue weighted by atomic mass is 9.83. The maximum Gasteiger partial charge on any atom is 0.243 e. The van der Waals surface area contributed by atoms with Crippen molar-refractivity contribution < 1.29 is 22.7 Å². The number of methoxy groups -OCH3 is 1. The molecular formula is C26H34N2O5S. The first-order valence-electron chi connectivity index (χ1n) is 12.0. The third-order valence-corrected chi connectivity index (χ3v) is 9.13. The fourth-order valence-electron chi connectivity index (χ4n) is 4.99. The van der Waals surface area contributed by atoms with Gasteiger partial charge in [0.1, 0.15) is 17.1 Å². The zero-order valence-corrected chi connectivity index (χ0v) is 20.9. The lowest BCUT2D eigenvalue weighted by molar-refractivity contribution is -0.127. The summed E-state index contributed by atoms with van der Waals surface area (Å²) in [5.74, 6) is 0.920. The van der Waals surface area contributed by atoms with Crippen molar-refractivity contribution in [1.82, 2.24) is 9.62 Å². The average molecular weight is 487 g/mol. The van der Waals surface area contributed by atoms with E-state index in [0.29, 0.717) is 31.6 Å². The molecule has 1 fully saturated rings. The van der Waals surface area contributed by atoms with Crippen molar-refractivity contribution in [2.24, 2.45) is 5.92 Å². The summed E-state index contributed by atoms with van der Waals surface area (Å²) in [7, 11) is -2.14. The highest BCUT2D eigenvalue weighted by atomic mass is 32.2. The molecular weight excluding hydrogens is 452 g/mol. The van der Waals surface area contributed by atoms with Gasteiger partial charge in [0.2, 0.25) is 15.9 Å². The van der Waals surface area contributed by atoms with E-state index < -0.39 is 15.9 Å². The number of benzene rings is 2. The quantitative estimate of drug-likeness (QED) is 0.631. The molecule has 0 bridgehead atoms. The number of carbonyl (C=O) groups excluding carboxylic acids is 1. The first-order valence-corrected chi connectivity index (χ1v) is 13.5. The molecule has 0 aromatic heterocycles. The molecule has 2 aliphatic rings. The highest BCUT2D eigenvalue weighted by Gasteiger charge is 2.40. The summed E-state index contributed by atoms with van der Waals surface area (Å²) in [6, 6.07) is 14.1. The number of nitrogens with one attached hydrogen (secondary N) is 1. The first-order chi connectivity index (χ1) is 16.3. The molecule has 2 heterocycles. The van der Waals surface area contributed by atoms with Crippen molar-refractivity contribution in [3.05, 3.63) is 54.1 Å². The van der Waals surface area contributed by atoms with Gasteiger partial charge in [-0.3, -0.25) is 4.79 Å². The van der Waals surface area contributed by atoms with Gasteiger partial charge in [-0.25, -0.2) is 8.42 Å². The fraction of sp³-hybridized carbons (Fsp3) is 0.500. The average Bonchev–Trinajstić information content (AvgIpc) is 2.88. The molecule has 34 heavy (non-hydrogen) atoms. The molecule has 2 aromatic carbocycles. The Labute approximate surface area is 202 Å². The number of sulfonamides is 1. The molecule has 8 heteroatoms. The number of hydrogen-bond donors (Lipinski definition) is 1. The van der Waals surface area contributed by atoms with Gasteiger partial charge in [0, 0.05) is 25.1 Å². The smallest absolute Gasteiger partial charge is 0.243 e. The molecule has 0 radical (unpaired) electrons. The highest BCUT2D eigenvalue weighted by molar-refractivity contribution is 7.89. The van der Waals surface area contributed by atoms with Crippen molar-refractivity contribution in [1.29, 1.82) is 0 Å². The normalized spacial score (nSPS) is 22.3. The number of piperidine rings is 1. The summed E-state index contributed by atoms with van der Waals surface area (Å²) >= 11 is 0. The van der Waals surface area contributed by atoms with Crippen LogP contribution in [-0.2, 0) is 14.8 Å². The third-order valence-electron chi connectivity index (χ3n) is 7.25. The van der Waals surface area contributed by atoms with Crippen LogP contribution in [0.15, 0.2) is 53.4 Å². The van der Waals surface area contributed by atoms with Crippen molar-refractivity contribution in [3.8, 4) is 11.5 Å². The Morgan fingerprint density at radius 1 is 1.15 bits per heavy atom. The van der Waals surface area contributed by atoms with E-state index in [0.717, 1.165) is 24.2 Å². The van der Waals surface area contributed by atoms with Crippen molar-refractivity contribution in [3.63, 3.8) is 0 Å². The highest BCUT2D eigenvalue weighted by Crippen LogP contribution is 2.42. The Morgan fingerprint density at radius 2 is 1.85 bits per heavy atom. The standard InChI is InChI=1S/C26H34N2O5S/c1-4-26(5-2)17-23(22-10-6-7-11-24(22)33-26)27-25(29)19-9-8-16-28(18-19)34(30,31)21-14-12-20(32-3)13-15-21/h6-7,10-15,19,23H,4-5,8-9,16-18H2,1-3H3,(H,27,29)/t19-,23+/m1/s1. The van der Waals surface area contributed by atoms with E-state index in [2.05, 4.69) is 19.2 Å². The molecule has 4 rings (SSSR count). The molecule has 1 N–H and O–H groups in total. The van der Waals surface area contributed by atoms with Crippen LogP contribution < -0.4 is 14.8 Å². The number of hydrogen-bond acceptors (Lipinski definition) is 5. The fourth-order valence-corrected chi connectivity index (χ4v) is 6.51. The lowest BCUT2D eigenvalue weighted by Crippen LogP contribution is -2.49. The summed E-state index contributed by atoms with van der Waals surface area (Å²) in [4.78, 5) is 13.6. The van der Waals surface area contributed by atoms with Gasteiger partial charge >= 0.3 is 0 Å². The van der Waals surface area contributed by atoms with E-state index in [1.807, 2.05) is 24.3 Å². The van der Waals surface area contributed by atoms with Crippen LogP contribution in [0, 0.1) is 5.92 Å². The summed E-state index contributed by atoms with van der Waals surface area (Å²) in [5.41, 5.74) is 0.662. The molecule has 0 unspecified atom stereocenters. The molecule has 0 aliphatic carbocycles. The monoisotopic (exact) mass is 486 g/mol. The van der Waals surface area contributed by atoms with Gasteiger partial charge in [0.05, 0.1) is 24.0 Å². The molecule has 0 spiro atoms. The van der Waals surface area contributed by atoms with Gasteiger partial charge in [-0.15, -0.1) is 0 Å². The zero-order chi connectivity index (χ0) is 24.3. The number of amides is 1. The molecule has 184 valence electrons. The Bertz CT molecular complexity index is 1110. The Balaban J connectivity index is 1.50. The first kappa shape index (κ1) is 24.5. The minimum Gasteiger partial charge on any atom is -0.497 e. The summed E-state index contributed by atoms with van der Waals surface area (Å²) in [5, 5.41) is 3.24. The summed E-state index contributed by atoms with van der Waals surface area (Å²) in [6.45, 7) is 4.81. The van der Waals surface area contributed by atoms with Crippen LogP contribution in [-0.4, -0.2) is 44.4 Å². The second kappa shape index (κ2) is 9.96. The third kappa shape index (κ3) is 4.79. The van der Waals surface area contributed by atoms with Gasteiger partial charge < -0.3 is 14.8 Å². The van der Waals surface area contributed by atoms with E-state index >= 15 is 0 Å². The second-order valence-corrected chi connectivity index (χ2v) is 11.1. The van der Waals surface area contributed by atoms with Gasteiger partial charge in [-0.05, 0) is 56.0 Å². The van der Waals surface area contributed by atoms with Crippen LogP contribution in [0.25, 0.3) is 0 Å². The van der Waals surface area contributed by atoms with Crippen LogP contribution in [0.5, 0.6) is 11.5 Å². The Kier molecular flexibility index (Phi) is 7.19. The number of nitrogens with zero attached hydrogens (tertiary/aromatic N) is 1. The Morgan fingerprint density at radius 3 is 2.53 bits per heavy atom. The molecule has 2 atom stereocenters. The molecule has 1 saturated heterocycles. The largest absolute Gasteiger partial charge is 0.497 e. The van der Waals surface area contributed by atoms with E-state index in [9.17, 15) is 13.2 Å². The van der Waals surface area contributed by atoms with Crippen molar-refractivity contribution in [2.45, 2.75) is 62.5 Å². The van der Waals surface area contributed by atoms with Gasteiger partial charge in [0.15, 0.2) is 0 Å². The number of fused-ring (bicyclic) bond motifs is 1. The minimum atomic E-state index is -3.68.